The zero-order valence-corrected chi connectivity index (χ0v) is 20.8. The molecule has 0 radical (unpaired) electrons. The largest absolute Gasteiger partial charge is 0.465 e. The number of methoxy groups -OCH3 is 1. The fourth-order valence-corrected chi connectivity index (χ4v) is 3.59. The Kier molecular flexibility index (Phi) is 10.3. The molecule has 1 N–H and O–H groups in total. The molecule has 8 heteroatoms. The number of esters is 1. The SMILES string of the molecule is CCNC(=NCc1cc(C(=O)OC)c(C)o1)N1CCC(COCc2ccccc2)C1.I. The third kappa shape index (κ3) is 7.24. The summed E-state index contributed by atoms with van der Waals surface area (Å²) in [4.78, 5) is 18.7. The summed E-state index contributed by atoms with van der Waals surface area (Å²) in [5, 5.41) is 3.35. The van der Waals surface area contributed by atoms with Crippen molar-refractivity contribution < 1.29 is 18.7 Å². The van der Waals surface area contributed by atoms with Crippen molar-refractivity contribution in [3.8, 4) is 0 Å². The number of nitrogens with zero attached hydrogens (tertiary/aromatic N) is 2. The third-order valence-corrected chi connectivity index (χ3v) is 5.14. The van der Waals surface area contributed by atoms with Gasteiger partial charge in [-0.05, 0) is 31.9 Å². The summed E-state index contributed by atoms with van der Waals surface area (Å²) < 4.78 is 16.4. The van der Waals surface area contributed by atoms with Gasteiger partial charge in [-0.1, -0.05) is 30.3 Å². The number of nitrogens with one attached hydrogen (secondary N) is 1. The summed E-state index contributed by atoms with van der Waals surface area (Å²) in [5.74, 6) is 2.14. The molecule has 1 saturated heterocycles. The summed E-state index contributed by atoms with van der Waals surface area (Å²) in [6.07, 6.45) is 1.07. The van der Waals surface area contributed by atoms with E-state index in [1.807, 2.05) is 18.2 Å². The van der Waals surface area contributed by atoms with Crippen molar-refractivity contribution in [1.82, 2.24) is 10.2 Å². The Balaban J connectivity index is 0.00000341. The highest BCUT2D eigenvalue weighted by Gasteiger charge is 2.25. The van der Waals surface area contributed by atoms with Crippen LogP contribution in [0.25, 0.3) is 0 Å². The molecule has 1 aromatic carbocycles. The van der Waals surface area contributed by atoms with E-state index in [0.29, 0.717) is 36.2 Å². The van der Waals surface area contributed by atoms with Gasteiger partial charge in [0.1, 0.15) is 23.6 Å². The van der Waals surface area contributed by atoms with E-state index in [-0.39, 0.29) is 24.0 Å². The van der Waals surface area contributed by atoms with Crippen molar-refractivity contribution in [3.05, 3.63) is 59.0 Å². The second-order valence-corrected chi connectivity index (χ2v) is 7.45. The normalized spacial score (nSPS) is 16.2. The molecule has 0 saturated carbocycles. The van der Waals surface area contributed by atoms with Crippen molar-refractivity contribution in [2.24, 2.45) is 10.9 Å². The van der Waals surface area contributed by atoms with Gasteiger partial charge in [-0.2, -0.15) is 0 Å². The smallest absolute Gasteiger partial charge is 0.341 e. The molecule has 2 aromatic rings. The lowest BCUT2D eigenvalue weighted by atomic mass is 10.1. The van der Waals surface area contributed by atoms with Crippen LogP contribution in [0.4, 0.5) is 0 Å². The summed E-state index contributed by atoms with van der Waals surface area (Å²) in [5.41, 5.74) is 1.65. The Morgan fingerprint density at radius 1 is 1.32 bits per heavy atom. The van der Waals surface area contributed by atoms with Crippen LogP contribution in [-0.2, 0) is 22.6 Å². The molecule has 0 amide bonds. The number of aliphatic imine (C=N–C) groups is 1. The first kappa shape index (κ1) is 25.2. The van der Waals surface area contributed by atoms with E-state index in [4.69, 9.17) is 18.9 Å². The van der Waals surface area contributed by atoms with Gasteiger partial charge in [0.15, 0.2) is 5.96 Å². The van der Waals surface area contributed by atoms with Crippen LogP contribution in [0.5, 0.6) is 0 Å². The number of hydrogen-bond acceptors (Lipinski definition) is 5. The summed E-state index contributed by atoms with van der Waals surface area (Å²) in [6.45, 7) is 8.20. The Bertz CT molecular complexity index is 854. The predicted molar refractivity (Wildman–Crippen MR) is 131 cm³/mol. The number of likely N-dealkylation sites (tertiary alicyclic amines) is 1. The molecular weight excluding hydrogens is 509 g/mol. The highest BCUT2D eigenvalue weighted by atomic mass is 127. The predicted octanol–water partition coefficient (Wildman–Crippen LogP) is 4.00. The van der Waals surface area contributed by atoms with Gasteiger partial charge in [0.25, 0.3) is 0 Å². The standard InChI is InChI=1S/C23H31N3O4.HI/c1-4-24-23(25-13-20-12-21(17(2)30-20)22(27)28-3)26-11-10-19(14-26)16-29-15-18-8-6-5-7-9-18;/h5-9,12,19H,4,10-11,13-16H2,1-3H3,(H,24,25);1H. The van der Waals surface area contributed by atoms with E-state index in [1.54, 1.807) is 13.0 Å². The quantitative estimate of drug-likeness (QED) is 0.236. The van der Waals surface area contributed by atoms with Gasteiger partial charge in [0.05, 0.1) is 20.3 Å². The number of furan rings is 1. The minimum Gasteiger partial charge on any atom is -0.465 e. The minimum atomic E-state index is -0.392. The summed E-state index contributed by atoms with van der Waals surface area (Å²) in [7, 11) is 1.36. The third-order valence-electron chi connectivity index (χ3n) is 5.14. The second kappa shape index (κ2) is 12.7. The maximum absolute atomic E-state index is 11.8. The fraction of sp³-hybridized carbons (Fsp3) is 0.478. The van der Waals surface area contributed by atoms with Crippen LogP contribution in [0.3, 0.4) is 0 Å². The first-order valence-electron chi connectivity index (χ1n) is 10.4. The van der Waals surface area contributed by atoms with Crippen LogP contribution in [0.1, 0.15) is 40.8 Å². The van der Waals surface area contributed by atoms with Gasteiger partial charge in [-0.15, -0.1) is 24.0 Å². The Morgan fingerprint density at radius 3 is 2.81 bits per heavy atom. The van der Waals surface area contributed by atoms with Gasteiger partial charge in [-0.25, -0.2) is 9.79 Å². The van der Waals surface area contributed by atoms with Gasteiger partial charge >= 0.3 is 5.97 Å². The van der Waals surface area contributed by atoms with E-state index in [0.717, 1.165) is 38.6 Å². The molecule has 0 bridgehead atoms. The van der Waals surface area contributed by atoms with Crippen molar-refractivity contribution in [2.45, 2.75) is 33.4 Å². The Labute approximate surface area is 201 Å². The first-order valence-corrected chi connectivity index (χ1v) is 10.4. The summed E-state index contributed by atoms with van der Waals surface area (Å²) in [6, 6.07) is 11.9. The lowest BCUT2D eigenvalue weighted by molar-refractivity contribution is 0.0599. The minimum absolute atomic E-state index is 0. The molecular formula is C23H32IN3O4. The van der Waals surface area contributed by atoms with Gasteiger partial charge in [0, 0.05) is 25.6 Å². The number of carbonyl (C=O) groups excluding carboxylic acids is 1. The molecule has 170 valence electrons. The molecule has 1 aliphatic heterocycles. The number of hydrogen-bond donors (Lipinski definition) is 1. The number of rotatable bonds is 8. The second-order valence-electron chi connectivity index (χ2n) is 7.45. The molecule has 0 spiro atoms. The van der Waals surface area contributed by atoms with E-state index in [9.17, 15) is 4.79 Å². The molecule has 1 fully saturated rings. The number of benzene rings is 1. The first-order chi connectivity index (χ1) is 14.6. The highest BCUT2D eigenvalue weighted by molar-refractivity contribution is 14.0. The summed E-state index contributed by atoms with van der Waals surface area (Å²) >= 11 is 0. The fourth-order valence-electron chi connectivity index (χ4n) is 3.59. The Morgan fingerprint density at radius 2 is 2.10 bits per heavy atom. The number of guanidine groups is 1. The molecule has 1 unspecified atom stereocenters. The number of ether oxygens (including phenoxy) is 2. The van der Waals surface area contributed by atoms with E-state index >= 15 is 0 Å². The number of carbonyl (C=O) groups is 1. The molecule has 7 nitrogen and oxygen atoms in total. The average Bonchev–Trinajstić information content (AvgIpc) is 3.38. The molecule has 31 heavy (non-hydrogen) atoms. The molecule has 0 aliphatic carbocycles. The van der Waals surface area contributed by atoms with E-state index < -0.39 is 5.97 Å². The topological polar surface area (TPSA) is 76.3 Å². The zero-order valence-electron chi connectivity index (χ0n) is 18.4. The average molecular weight is 541 g/mol. The van der Waals surface area contributed by atoms with Crippen molar-refractivity contribution in [2.75, 3.05) is 33.4 Å². The lowest BCUT2D eigenvalue weighted by Crippen LogP contribution is -2.40. The van der Waals surface area contributed by atoms with Gasteiger partial charge in [0.2, 0.25) is 0 Å². The van der Waals surface area contributed by atoms with Gasteiger partial charge in [-0.3, -0.25) is 0 Å². The molecule has 2 heterocycles. The molecule has 1 atom stereocenters. The monoisotopic (exact) mass is 541 g/mol. The van der Waals surface area contributed by atoms with Gasteiger partial charge < -0.3 is 24.1 Å². The molecule has 1 aliphatic rings. The van der Waals surface area contributed by atoms with Crippen molar-refractivity contribution >= 4 is 35.9 Å². The number of halogens is 1. The van der Waals surface area contributed by atoms with Crippen LogP contribution in [0, 0.1) is 12.8 Å². The van der Waals surface area contributed by atoms with Crippen LogP contribution in [0.2, 0.25) is 0 Å². The number of aryl methyl sites for hydroxylation is 1. The van der Waals surface area contributed by atoms with Crippen LogP contribution in [-0.4, -0.2) is 50.2 Å². The van der Waals surface area contributed by atoms with E-state index in [1.165, 1.54) is 12.7 Å². The van der Waals surface area contributed by atoms with Crippen LogP contribution < -0.4 is 5.32 Å². The van der Waals surface area contributed by atoms with Crippen molar-refractivity contribution in [3.63, 3.8) is 0 Å². The van der Waals surface area contributed by atoms with Crippen LogP contribution in [0.15, 0.2) is 45.8 Å². The maximum Gasteiger partial charge on any atom is 0.341 e. The highest BCUT2D eigenvalue weighted by Crippen LogP contribution is 2.19. The molecule has 1 aromatic heterocycles. The maximum atomic E-state index is 11.8. The van der Waals surface area contributed by atoms with E-state index in [2.05, 4.69) is 29.3 Å². The Hall–Kier alpha value is -2.07. The lowest BCUT2D eigenvalue weighted by Gasteiger charge is -2.21. The van der Waals surface area contributed by atoms with Crippen molar-refractivity contribution in [1.29, 1.82) is 0 Å². The zero-order chi connectivity index (χ0) is 21.3. The van der Waals surface area contributed by atoms with Crippen LogP contribution >= 0.6 is 24.0 Å². The molecule has 3 rings (SSSR count).